The Morgan fingerprint density at radius 3 is 2.50 bits per heavy atom. The second kappa shape index (κ2) is 12.4. The van der Waals surface area contributed by atoms with Crippen molar-refractivity contribution in [1.82, 2.24) is 28.9 Å². The second-order valence-electron chi connectivity index (χ2n) is 12.8. The fraction of sp³-hybridized carbons (Fsp3) is 0.344. The number of fused-ring (bicyclic) bond motifs is 1. The highest BCUT2D eigenvalue weighted by atomic mass is 28.3. The minimum atomic E-state index is -4.96. The molecular formula is C32H29F6N7O2Si. The summed E-state index contributed by atoms with van der Waals surface area (Å²) in [4.78, 5) is 22.0. The predicted molar refractivity (Wildman–Crippen MR) is 168 cm³/mol. The topological polar surface area (TPSA) is 84.1 Å². The van der Waals surface area contributed by atoms with Crippen molar-refractivity contribution in [1.29, 1.82) is 0 Å². The lowest BCUT2D eigenvalue weighted by Crippen LogP contribution is -2.25. The van der Waals surface area contributed by atoms with Gasteiger partial charge in [-0.2, -0.15) is 22.0 Å². The van der Waals surface area contributed by atoms with Gasteiger partial charge in [0.05, 0.1) is 12.1 Å². The van der Waals surface area contributed by atoms with E-state index in [1.165, 1.54) is 22.9 Å². The van der Waals surface area contributed by atoms with Crippen LogP contribution >= 0.6 is 0 Å². The molecule has 1 aromatic carbocycles. The monoisotopic (exact) mass is 685 g/mol. The van der Waals surface area contributed by atoms with Gasteiger partial charge in [-0.05, 0) is 54.3 Å². The van der Waals surface area contributed by atoms with Gasteiger partial charge in [0.25, 0.3) is 5.56 Å². The summed E-state index contributed by atoms with van der Waals surface area (Å²) in [7, 11) is -1.50. The highest BCUT2D eigenvalue weighted by molar-refractivity contribution is 6.76. The summed E-state index contributed by atoms with van der Waals surface area (Å²) < 4.78 is 94.2. The Hall–Kier alpha value is -4.75. The van der Waals surface area contributed by atoms with Crippen LogP contribution in [0.25, 0.3) is 44.1 Å². The van der Waals surface area contributed by atoms with Crippen molar-refractivity contribution in [3.63, 3.8) is 0 Å². The van der Waals surface area contributed by atoms with E-state index in [9.17, 15) is 31.1 Å². The minimum absolute atomic E-state index is 0.0449. The minimum Gasteiger partial charge on any atom is -0.361 e. The summed E-state index contributed by atoms with van der Waals surface area (Å²) in [5.74, 6) is -1.30. The number of hydrogen-bond donors (Lipinski definition) is 0. The number of benzene rings is 1. The van der Waals surface area contributed by atoms with Crippen molar-refractivity contribution >= 4 is 24.7 Å². The van der Waals surface area contributed by atoms with Crippen molar-refractivity contribution in [3.8, 4) is 28.3 Å². The quantitative estimate of drug-likeness (QED) is 0.0638. The molecule has 1 fully saturated rings. The van der Waals surface area contributed by atoms with Crippen LogP contribution in [0, 0.1) is 12.4 Å². The molecule has 4 heterocycles. The van der Waals surface area contributed by atoms with Gasteiger partial charge in [-0.3, -0.25) is 13.9 Å². The molecule has 48 heavy (non-hydrogen) atoms. The Morgan fingerprint density at radius 1 is 1.10 bits per heavy atom. The van der Waals surface area contributed by atoms with Gasteiger partial charge < -0.3 is 9.30 Å². The Bertz CT molecular complexity index is 2120. The highest BCUT2D eigenvalue weighted by Crippen LogP contribution is 2.43. The molecule has 0 N–H and O–H groups in total. The van der Waals surface area contributed by atoms with E-state index in [0.29, 0.717) is 23.1 Å². The first-order chi connectivity index (χ1) is 22.7. The summed E-state index contributed by atoms with van der Waals surface area (Å²) in [6, 6.07) is 7.21. The Morgan fingerprint density at radius 2 is 1.85 bits per heavy atom. The first kappa shape index (κ1) is 33.2. The van der Waals surface area contributed by atoms with Crippen LogP contribution in [0.4, 0.5) is 32.0 Å². The van der Waals surface area contributed by atoms with E-state index < -0.39 is 43.1 Å². The number of aromatic nitrogens is 6. The molecule has 1 saturated carbocycles. The van der Waals surface area contributed by atoms with Crippen LogP contribution < -0.4 is 5.56 Å². The zero-order valence-electron chi connectivity index (χ0n) is 26.0. The maximum atomic E-state index is 14.6. The van der Waals surface area contributed by atoms with E-state index in [2.05, 4.69) is 39.7 Å². The van der Waals surface area contributed by atoms with Gasteiger partial charge in [0.1, 0.15) is 30.2 Å². The first-order valence-electron chi connectivity index (χ1n) is 15.0. The standard InChI is InChI=1S/C32H29F6N7O2Si/c1-39-25-15-43(17-47-9-10-48(2,3)4)28-27(25)23(32(36,37)38)14-44(30(28)46)26-12-19(11-24(41-26)18-5-6-18)21-8-7-20(33)13-22(21)29-42-40-16-45(29)31(34)35/h7-8,11-16,18,31H,5-6,9-10,17H2,2-4H3. The van der Waals surface area contributed by atoms with Crippen LogP contribution in [0.2, 0.25) is 25.7 Å². The summed E-state index contributed by atoms with van der Waals surface area (Å²) in [5, 5.41) is 6.78. The molecule has 6 rings (SSSR count). The van der Waals surface area contributed by atoms with E-state index >= 15 is 0 Å². The van der Waals surface area contributed by atoms with E-state index in [0.717, 1.165) is 41.9 Å². The fourth-order valence-corrected chi connectivity index (χ4v) is 6.21. The van der Waals surface area contributed by atoms with Crippen molar-refractivity contribution in [3.05, 3.63) is 87.9 Å². The molecule has 9 nitrogen and oxygen atoms in total. The zero-order valence-corrected chi connectivity index (χ0v) is 27.0. The molecule has 1 aliphatic carbocycles. The maximum absolute atomic E-state index is 14.6. The number of alkyl halides is 5. The molecule has 0 atom stereocenters. The molecule has 16 heteroatoms. The lowest BCUT2D eigenvalue weighted by molar-refractivity contribution is -0.136. The molecule has 0 spiro atoms. The maximum Gasteiger partial charge on any atom is 0.417 e. The van der Waals surface area contributed by atoms with Crippen molar-refractivity contribution in [2.24, 2.45) is 0 Å². The van der Waals surface area contributed by atoms with Gasteiger partial charge >= 0.3 is 12.7 Å². The molecule has 0 amide bonds. The van der Waals surface area contributed by atoms with Crippen molar-refractivity contribution in [2.45, 2.75) is 63.9 Å². The lowest BCUT2D eigenvalue weighted by atomic mass is 9.98. The van der Waals surface area contributed by atoms with Gasteiger partial charge in [-0.1, -0.05) is 25.7 Å². The van der Waals surface area contributed by atoms with Crippen LogP contribution in [0.3, 0.4) is 0 Å². The fourth-order valence-electron chi connectivity index (χ4n) is 5.45. The second-order valence-corrected chi connectivity index (χ2v) is 18.4. The number of hydrogen-bond acceptors (Lipinski definition) is 5. The van der Waals surface area contributed by atoms with Gasteiger partial charge in [-0.25, -0.2) is 14.2 Å². The van der Waals surface area contributed by atoms with Crippen LogP contribution in [-0.2, 0) is 17.6 Å². The van der Waals surface area contributed by atoms with Crippen LogP contribution in [0.1, 0.15) is 36.6 Å². The number of halogens is 6. The van der Waals surface area contributed by atoms with E-state index in [-0.39, 0.29) is 52.2 Å². The van der Waals surface area contributed by atoms with Crippen molar-refractivity contribution < 1.29 is 31.1 Å². The Kier molecular flexibility index (Phi) is 8.54. The van der Waals surface area contributed by atoms with Gasteiger partial charge in [0.2, 0.25) is 5.69 Å². The SMILES string of the molecule is [C-]#[N+]c1cn(COCC[Si](C)(C)C)c2c(=O)n(-c3cc(-c4ccc(F)cc4-c4nncn4C(F)F)cc(C4CC4)n3)cc(C(F)(F)F)c12. The van der Waals surface area contributed by atoms with E-state index in [1.54, 1.807) is 6.07 Å². The van der Waals surface area contributed by atoms with E-state index in [1.807, 2.05) is 0 Å². The average molecular weight is 686 g/mol. The third-order valence-corrected chi connectivity index (χ3v) is 9.75. The molecule has 0 unspecified atom stereocenters. The highest BCUT2D eigenvalue weighted by Gasteiger charge is 2.37. The van der Waals surface area contributed by atoms with Crippen LogP contribution in [-0.4, -0.2) is 43.6 Å². The van der Waals surface area contributed by atoms with E-state index in [4.69, 9.17) is 11.3 Å². The molecule has 0 aliphatic heterocycles. The summed E-state index contributed by atoms with van der Waals surface area (Å²) >= 11 is 0. The number of pyridine rings is 2. The number of nitrogens with zero attached hydrogens (tertiary/aromatic N) is 7. The molecule has 5 aromatic rings. The molecule has 4 aromatic heterocycles. The molecular weight excluding hydrogens is 656 g/mol. The Labute approximate surface area is 271 Å². The molecule has 250 valence electrons. The zero-order chi connectivity index (χ0) is 34.5. The van der Waals surface area contributed by atoms with Crippen LogP contribution in [0.5, 0.6) is 0 Å². The molecule has 1 aliphatic rings. The number of rotatable bonds is 10. The summed E-state index contributed by atoms with van der Waals surface area (Å²) in [5.41, 5.74) is -1.89. The number of ether oxygens (including phenoxy) is 1. The summed E-state index contributed by atoms with van der Waals surface area (Å²) in [6.07, 6.45) is -0.886. The Balaban J connectivity index is 1.57. The van der Waals surface area contributed by atoms with Crippen molar-refractivity contribution in [2.75, 3.05) is 6.61 Å². The first-order valence-corrected chi connectivity index (χ1v) is 18.7. The van der Waals surface area contributed by atoms with Gasteiger partial charge in [-0.15, -0.1) is 10.2 Å². The molecule has 0 radical (unpaired) electrons. The van der Waals surface area contributed by atoms with Gasteiger partial charge in [0, 0.05) is 49.6 Å². The smallest absolute Gasteiger partial charge is 0.361 e. The largest absolute Gasteiger partial charge is 0.417 e. The lowest BCUT2D eigenvalue weighted by Gasteiger charge is -2.17. The molecule has 0 bridgehead atoms. The van der Waals surface area contributed by atoms with Crippen LogP contribution in [0.15, 0.2) is 53.8 Å². The molecule has 0 saturated heterocycles. The third kappa shape index (κ3) is 6.52. The summed E-state index contributed by atoms with van der Waals surface area (Å²) in [6.45, 7) is 11.0. The predicted octanol–water partition coefficient (Wildman–Crippen LogP) is 8.41. The third-order valence-electron chi connectivity index (χ3n) is 8.05. The average Bonchev–Trinajstić information content (AvgIpc) is 3.62. The van der Waals surface area contributed by atoms with Gasteiger partial charge in [0.15, 0.2) is 5.82 Å². The normalized spacial score (nSPS) is 13.9.